The molecule has 3 heteroatoms. The van der Waals surface area contributed by atoms with E-state index in [2.05, 4.69) is 192 Å². The Kier molecular flexibility index (Phi) is 6.88. The van der Waals surface area contributed by atoms with Crippen LogP contribution in [-0.2, 0) is 0 Å². The lowest BCUT2D eigenvalue weighted by Gasteiger charge is -2.27. The van der Waals surface area contributed by atoms with Crippen molar-refractivity contribution in [1.29, 1.82) is 0 Å². The van der Waals surface area contributed by atoms with Crippen molar-refractivity contribution < 1.29 is 0 Å². The van der Waals surface area contributed by atoms with E-state index >= 15 is 0 Å². The lowest BCUT2D eigenvalue weighted by molar-refractivity contribution is 0.821. The summed E-state index contributed by atoms with van der Waals surface area (Å²) in [6.45, 7) is 0. The molecule has 0 amide bonds. The van der Waals surface area contributed by atoms with Crippen molar-refractivity contribution in [3.63, 3.8) is 0 Å². The second-order valence-corrected chi connectivity index (χ2v) is 13.4. The van der Waals surface area contributed by atoms with Gasteiger partial charge in [-0.15, -0.1) is 0 Å². The number of fused-ring (bicyclic) bond motifs is 4. The van der Waals surface area contributed by atoms with E-state index in [-0.39, 0.29) is 6.17 Å². The SMILES string of the molecule is c1ccc(N2c3ncc(-c4ccc5ccccc5c4)cc3NC2c2cc(-c3ccc4ccccc4c3)cc(-c3ccc4ccccc4c3)c2)cc1. The van der Waals surface area contributed by atoms with Gasteiger partial charge in [0.15, 0.2) is 5.82 Å². The molecule has 9 aromatic rings. The molecule has 3 nitrogen and oxygen atoms in total. The van der Waals surface area contributed by atoms with E-state index in [1.54, 1.807) is 0 Å². The fraction of sp³-hybridized carbons (Fsp3) is 0.0208. The Labute approximate surface area is 297 Å². The summed E-state index contributed by atoms with van der Waals surface area (Å²) in [7, 11) is 0. The van der Waals surface area contributed by atoms with Crippen LogP contribution < -0.4 is 10.2 Å². The van der Waals surface area contributed by atoms with Gasteiger partial charge in [-0.2, -0.15) is 0 Å². The first kappa shape index (κ1) is 29.2. The lowest BCUT2D eigenvalue weighted by atomic mass is 9.93. The van der Waals surface area contributed by atoms with Gasteiger partial charge in [0.1, 0.15) is 6.17 Å². The minimum atomic E-state index is -0.179. The van der Waals surface area contributed by atoms with E-state index in [1.807, 2.05) is 6.20 Å². The highest BCUT2D eigenvalue weighted by Gasteiger charge is 2.33. The van der Waals surface area contributed by atoms with Gasteiger partial charge in [0.2, 0.25) is 0 Å². The molecule has 1 atom stereocenters. The number of pyridine rings is 1. The second-order valence-electron chi connectivity index (χ2n) is 13.4. The molecule has 0 bridgehead atoms. The molecule has 0 saturated carbocycles. The summed E-state index contributed by atoms with van der Waals surface area (Å²) in [4.78, 5) is 7.48. The van der Waals surface area contributed by atoms with Gasteiger partial charge in [-0.3, -0.25) is 4.90 Å². The van der Waals surface area contributed by atoms with Crippen molar-refractivity contribution >= 4 is 49.5 Å². The summed E-state index contributed by atoms with van der Waals surface area (Å²) in [5, 5.41) is 11.3. The minimum Gasteiger partial charge on any atom is -0.358 e. The van der Waals surface area contributed by atoms with Crippen LogP contribution in [0.3, 0.4) is 0 Å². The number of nitrogens with zero attached hydrogens (tertiary/aromatic N) is 2. The minimum absolute atomic E-state index is 0.179. The van der Waals surface area contributed by atoms with Crippen LogP contribution in [0.2, 0.25) is 0 Å². The van der Waals surface area contributed by atoms with E-state index in [4.69, 9.17) is 4.98 Å². The van der Waals surface area contributed by atoms with Crippen LogP contribution >= 0.6 is 0 Å². The molecule has 51 heavy (non-hydrogen) atoms. The second kappa shape index (κ2) is 12.0. The van der Waals surface area contributed by atoms with Crippen molar-refractivity contribution in [2.45, 2.75) is 6.17 Å². The lowest BCUT2D eigenvalue weighted by Crippen LogP contribution is -2.24. The average Bonchev–Trinajstić information content (AvgIpc) is 3.59. The molecule has 0 radical (unpaired) electrons. The van der Waals surface area contributed by atoms with Gasteiger partial charge in [0.05, 0.1) is 5.69 Å². The number of benzene rings is 8. The third kappa shape index (κ3) is 5.27. The van der Waals surface area contributed by atoms with E-state index in [0.717, 1.165) is 33.9 Å². The largest absolute Gasteiger partial charge is 0.358 e. The molecule has 1 unspecified atom stereocenters. The molecule has 240 valence electrons. The predicted molar refractivity (Wildman–Crippen MR) is 214 cm³/mol. The summed E-state index contributed by atoms with van der Waals surface area (Å²) >= 11 is 0. The van der Waals surface area contributed by atoms with Gasteiger partial charge in [-0.05, 0) is 120 Å². The van der Waals surface area contributed by atoms with Crippen LogP contribution in [0, 0.1) is 0 Å². The summed E-state index contributed by atoms with van der Waals surface area (Å²) in [6.07, 6.45) is 1.83. The monoisotopic (exact) mass is 651 g/mol. The summed E-state index contributed by atoms with van der Waals surface area (Å²) in [5.74, 6) is 0.916. The van der Waals surface area contributed by atoms with Crippen LogP contribution in [0.25, 0.3) is 65.7 Å². The molecule has 1 aromatic heterocycles. The highest BCUT2D eigenvalue weighted by molar-refractivity contribution is 5.92. The number of nitrogens with one attached hydrogen (secondary N) is 1. The highest BCUT2D eigenvalue weighted by Crippen LogP contribution is 2.47. The molecule has 8 aromatic carbocycles. The zero-order chi connectivity index (χ0) is 33.7. The first-order valence-corrected chi connectivity index (χ1v) is 17.5. The van der Waals surface area contributed by atoms with Gasteiger partial charge in [-0.25, -0.2) is 4.98 Å². The quantitative estimate of drug-likeness (QED) is 0.201. The average molecular weight is 652 g/mol. The molecule has 0 aliphatic carbocycles. The Morgan fingerprint density at radius 3 is 1.39 bits per heavy atom. The maximum atomic E-state index is 5.14. The highest BCUT2D eigenvalue weighted by atomic mass is 15.4. The fourth-order valence-electron chi connectivity index (χ4n) is 7.59. The summed E-state index contributed by atoms with van der Waals surface area (Å²) in [6, 6.07) is 65.7. The maximum absolute atomic E-state index is 5.14. The Morgan fingerprint density at radius 1 is 0.392 bits per heavy atom. The summed E-state index contributed by atoms with van der Waals surface area (Å²) < 4.78 is 0. The van der Waals surface area contributed by atoms with Crippen molar-refractivity contribution in [2.24, 2.45) is 0 Å². The molecule has 0 fully saturated rings. The smallest absolute Gasteiger partial charge is 0.158 e. The number of hydrogen-bond donors (Lipinski definition) is 1. The van der Waals surface area contributed by atoms with Crippen LogP contribution in [0.1, 0.15) is 11.7 Å². The van der Waals surface area contributed by atoms with Gasteiger partial charge in [-0.1, -0.05) is 127 Å². The normalized spacial score (nSPS) is 13.8. The Morgan fingerprint density at radius 2 is 0.863 bits per heavy atom. The number of hydrogen-bond acceptors (Lipinski definition) is 3. The first-order chi connectivity index (χ1) is 25.2. The van der Waals surface area contributed by atoms with Crippen LogP contribution in [0.15, 0.2) is 188 Å². The van der Waals surface area contributed by atoms with Crippen LogP contribution in [0.4, 0.5) is 17.2 Å². The molecule has 1 N–H and O–H groups in total. The molecular weight excluding hydrogens is 619 g/mol. The number of anilines is 3. The molecule has 1 aliphatic heterocycles. The van der Waals surface area contributed by atoms with Crippen LogP contribution in [0.5, 0.6) is 0 Å². The topological polar surface area (TPSA) is 28.2 Å². The van der Waals surface area contributed by atoms with E-state index in [0.29, 0.717) is 0 Å². The molecular formula is C48H33N3. The molecule has 0 saturated heterocycles. The van der Waals surface area contributed by atoms with Gasteiger partial charge >= 0.3 is 0 Å². The first-order valence-electron chi connectivity index (χ1n) is 17.5. The molecule has 1 aliphatic rings. The van der Waals surface area contributed by atoms with Crippen LogP contribution in [-0.4, -0.2) is 4.98 Å². The number of aromatic nitrogens is 1. The van der Waals surface area contributed by atoms with Gasteiger partial charge < -0.3 is 5.32 Å². The van der Waals surface area contributed by atoms with E-state index < -0.39 is 0 Å². The Hall–Kier alpha value is -6.71. The Balaban J connectivity index is 1.13. The zero-order valence-electron chi connectivity index (χ0n) is 27.9. The fourth-order valence-corrected chi connectivity index (χ4v) is 7.59. The van der Waals surface area contributed by atoms with Crippen molar-refractivity contribution in [3.05, 3.63) is 194 Å². The van der Waals surface area contributed by atoms with Crippen molar-refractivity contribution in [1.82, 2.24) is 4.98 Å². The summed E-state index contributed by atoms with van der Waals surface area (Å²) in [5.41, 5.74) is 10.2. The van der Waals surface area contributed by atoms with E-state index in [1.165, 1.54) is 54.6 Å². The van der Waals surface area contributed by atoms with Crippen molar-refractivity contribution in [3.8, 4) is 33.4 Å². The Bertz CT molecular complexity index is 2650. The predicted octanol–water partition coefficient (Wildman–Crippen LogP) is 12.8. The number of para-hydroxylation sites is 1. The third-order valence-corrected chi connectivity index (χ3v) is 10.2. The van der Waals surface area contributed by atoms with Gasteiger partial charge in [0.25, 0.3) is 0 Å². The third-order valence-electron chi connectivity index (χ3n) is 10.2. The number of rotatable bonds is 5. The zero-order valence-corrected chi connectivity index (χ0v) is 27.9. The van der Waals surface area contributed by atoms with Gasteiger partial charge in [0, 0.05) is 17.4 Å². The standard InChI is InChI=1S/C48H33N3/c1-2-16-45(17-3-1)51-47(50-46-30-44(31-49-48(46)51)40-23-20-34-12-6-9-15-37(34)26-40)43-28-41(38-21-18-32-10-4-7-13-35(32)24-38)27-42(29-43)39-22-19-33-11-5-8-14-36(33)25-39/h1-31,47,50H. The van der Waals surface area contributed by atoms with Crippen molar-refractivity contribution in [2.75, 3.05) is 10.2 Å². The van der Waals surface area contributed by atoms with E-state index in [9.17, 15) is 0 Å². The maximum Gasteiger partial charge on any atom is 0.158 e. The molecule has 10 rings (SSSR count). The molecule has 0 spiro atoms. The molecule has 2 heterocycles.